The fourth-order valence-electron chi connectivity index (χ4n) is 1.61. The summed E-state index contributed by atoms with van der Waals surface area (Å²) in [7, 11) is -3.71. The Morgan fingerprint density at radius 3 is 2.62 bits per heavy atom. The summed E-state index contributed by atoms with van der Waals surface area (Å²) in [4.78, 5) is 13.7. The topological polar surface area (TPSA) is 79.0 Å². The molecule has 1 aliphatic carbocycles. The molecule has 0 unspecified atom stereocenters. The molecule has 0 radical (unpaired) electrons. The number of H-pyrrole nitrogens is 1. The molecule has 0 saturated carbocycles. The first-order chi connectivity index (χ1) is 7.59. The summed E-state index contributed by atoms with van der Waals surface area (Å²) < 4.78 is 26.2. The van der Waals surface area contributed by atoms with Crippen LogP contribution in [-0.4, -0.2) is 19.4 Å². The third-order valence-corrected chi connectivity index (χ3v) is 3.95. The second-order valence-electron chi connectivity index (χ2n) is 3.63. The molecule has 0 saturated heterocycles. The van der Waals surface area contributed by atoms with Crippen LogP contribution in [0.4, 0.5) is 0 Å². The SMILES string of the molecule is O=c1cc[nH]cc1S(=O)(=O)NC1CC=CC1. The molecule has 16 heavy (non-hydrogen) atoms. The van der Waals surface area contributed by atoms with E-state index < -0.39 is 15.5 Å². The third kappa shape index (κ3) is 2.23. The lowest BCUT2D eigenvalue weighted by Crippen LogP contribution is -2.35. The summed E-state index contributed by atoms with van der Waals surface area (Å²) in [6, 6.07) is 1.06. The van der Waals surface area contributed by atoms with Crippen molar-refractivity contribution in [2.75, 3.05) is 0 Å². The van der Waals surface area contributed by atoms with Crippen LogP contribution in [0.1, 0.15) is 12.8 Å². The van der Waals surface area contributed by atoms with E-state index in [0.29, 0.717) is 12.8 Å². The number of rotatable bonds is 3. The van der Waals surface area contributed by atoms with E-state index in [-0.39, 0.29) is 10.9 Å². The Morgan fingerprint density at radius 1 is 1.31 bits per heavy atom. The average Bonchev–Trinajstić information content (AvgIpc) is 2.70. The zero-order valence-corrected chi connectivity index (χ0v) is 9.33. The second kappa shape index (κ2) is 4.23. The van der Waals surface area contributed by atoms with Gasteiger partial charge in [0.2, 0.25) is 15.5 Å². The zero-order chi connectivity index (χ0) is 11.6. The predicted octanol–water partition coefficient (Wildman–Crippen LogP) is 0.372. The van der Waals surface area contributed by atoms with E-state index in [0.717, 1.165) is 0 Å². The van der Waals surface area contributed by atoms with Gasteiger partial charge in [0.1, 0.15) is 4.90 Å². The van der Waals surface area contributed by atoms with Crippen molar-refractivity contribution >= 4 is 10.0 Å². The van der Waals surface area contributed by atoms with Gasteiger partial charge in [-0.3, -0.25) is 4.79 Å². The van der Waals surface area contributed by atoms with Crippen LogP contribution in [0.15, 0.2) is 40.3 Å². The van der Waals surface area contributed by atoms with Crippen LogP contribution in [0.3, 0.4) is 0 Å². The van der Waals surface area contributed by atoms with E-state index >= 15 is 0 Å². The van der Waals surface area contributed by atoms with Crippen LogP contribution >= 0.6 is 0 Å². The van der Waals surface area contributed by atoms with Gasteiger partial charge in [0.15, 0.2) is 0 Å². The molecule has 2 N–H and O–H groups in total. The Labute approximate surface area is 93.3 Å². The van der Waals surface area contributed by atoms with Gasteiger partial charge in [-0.25, -0.2) is 13.1 Å². The molecule has 0 fully saturated rings. The third-order valence-electron chi connectivity index (χ3n) is 2.41. The second-order valence-corrected chi connectivity index (χ2v) is 5.32. The Morgan fingerprint density at radius 2 is 2.00 bits per heavy atom. The first kappa shape index (κ1) is 11.1. The molecule has 1 heterocycles. The molecule has 1 aromatic rings. The van der Waals surface area contributed by atoms with E-state index in [2.05, 4.69) is 9.71 Å². The molecule has 0 aromatic carbocycles. The highest BCUT2D eigenvalue weighted by molar-refractivity contribution is 7.89. The monoisotopic (exact) mass is 240 g/mol. The summed E-state index contributed by atoms with van der Waals surface area (Å²) in [6.45, 7) is 0. The van der Waals surface area contributed by atoms with Crippen molar-refractivity contribution in [3.8, 4) is 0 Å². The molecule has 0 atom stereocenters. The number of hydrogen-bond donors (Lipinski definition) is 2. The Hall–Kier alpha value is -1.40. The summed E-state index contributed by atoms with van der Waals surface area (Å²) in [5, 5.41) is 0. The number of hydrogen-bond acceptors (Lipinski definition) is 3. The lowest BCUT2D eigenvalue weighted by Gasteiger charge is -2.11. The average molecular weight is 240 g/mol. The maximum absolute atomic E-state index is 11.9. The number of aromatic nitrogens is 1. The predicted molar refractivity (Wildman–Crippen MR) is 59.5 cm³/mol. The maximum Gasteiger partial charge on any atom is 0.246 e. The molecule has 0 bridgehead atoms. The van der Waals surface area contributed by atoms with Crippen molar-refractivity contribution in [2.45, 2.75) is 23.8 Å². The number of aromatic amines is 1. The van der Waals surface area contributed by atoms with Gasteiger partial charge in [-0.1, -0.05) is 12.2 Å². The van der Waals surface area contributed by atoms with Gasteiger partial charge < -0.3 is 4.98 Å². The maximum atomic E-state index is 11.9. The van der Waals surface area contributed by atoms with E-state index in [9.17, 15) is 13.2 Å². The molecule has 0 aliphatic heterocycles. The number of pyridine rings is 1. The highest BCUT2D eigenvalue weighted by Gasteiger charge is 2.22. The van der Waals surface area contributed by atoms with Crippen LogP contribution in [0.25, 0.3) is 0 Å². The van der Waals surface area contributed by atoms with Gasteiger partial charge in [-0.05, 0) is 12.8 Å². The molecule has 6 heteroatoms. The van der Waals surface area contributed by atoms with Crippen molar-refractivity contribution in [3.05, 3.63) is 40.8 Å². The van der Waals surface area contributed by atoms with E-state index in [4.69, 9.17) is 0 Å². The van der Waals surface area contributed by atoms with Crippen molar-refractivity contribution in [3.63, 3.8) is 0 Å². The van der Waals surface area contributed by atoms with E-state index in [1.165, 1.54) is 18.5 Å². The van der Waals surface area contributed by atoms with Gasteiger partial charge >= 0.3 is 0 Å². The van der Waals surface area contributed by atoms with Crippen LogP contribution in [-0.2, 0) is 10.0 Å². The minimum atomic E-state index is -3.71. The summed E-state index contributed by atoms with van der Waals surface area (Å²) in [6.07, 6.45) is 7.78. The quantitative estimate of drug-likeness (QED) is 0.749. The highest BCUT2D eigenvalue weighted by Crippen LogP contribution is 2.12. The molecule has 86 valence electrons. The molecular formula is C10H12N2O3S. The largest absolute Gasteiger partial charge is 0.366 e. The summed E-state index contributed by atoms with van der Waals surface area (Å²) >= 11 is 0. The fourth-order valence-corrected chi connectivity index (χ4v) is 2.92. The molecule has 1 aliphatic rings. The van der Waals surface area contributed by atoms with Crippen LogP contribution in [0, 0.1) is 0 Å². The van der Waals surface area contributed by atoms with Crippen LogP contribution in [0.2, 0.25) is 0 Å². The van der Waals surface area contributed by atoms with Crippen LogP contribution in [0.5, 0.6) is 0 Å². The Kier molecular flexibility index (Phi) is 2.93. The molecule has 5 nitrogen and oxygen atoms in total. The minimum absolute atomic E-state index is 0.135. The van der Waals surface area contributed by atoms with E-state index in [1.54, 1.807) is 0 Å². The Balaban J connectivity index is 2.26. The molecular weight excluding hydrogens is 228 g/mol. The first-order valence-electron chi connectivity index (χ1n) is 4.94. The lowest BCUT2D eigenvalue weighted by atomic mass is 10.3. The van der Waals surface area contributed by atoms with Gasteiger partial charge in [-0.2, -0.15) is 0 Å². The van der Waals surface area contributed by atoms with Gasteiger partial charge in [0, 0.05) is 24.5 Å². The lowest BCUT2D eigenvalue weighted by molar-refractivity contribution is 0.556. The molecule has 2 rings (SSSR count). The van der Waals surface area contributed by atoms with Gasteiger partial charge in [-0.15, -0.1) is 0 Å². The summed E-state index contributed by atoms with van der Waals surface area (Å²) in [5.74, 6) is 0. The normalized spacial score (nSPS) is 16.8. The Bertz CT molecular complexity index is 551. The zero-order valence-electron chi connectivity index (χ0n) is 8.51. The van der Waals surface area contributed by atoms with E-state index in [1.807, 2.05) is 12.2 Å². The van der Waals surface area contributed by atoms with Crippen molar-refractivity contribution in [1.82, 2.24) is 9.71 Å². The molecule has 0 spiro atoms. The van der Waals surface area contributed by atoms with Crippen molar-refractivity contribution in [1.29, 1.82) is 0 Å². The molecule has 0 amide bonds. The van der Waals surface area contributed by atoms with Crippen LogP contribution < -0.4 is 10.2 Å². The number of nitrogens with one attached hydrogen (secondary N) is 2. The first-order valence-corrected chi connectivity index (χ1v) is 6.42. The molecule has 1 aromatic heterocycles. The van der Waals surface area contributed by atoms with Crippen molar-refractivity contribution in [2.24, 2.45) is 0 Å². The summed E-state index contributed by atoms with van der Waals surface area (Å²) in [5.41, 5.74) is -0.503. The smallest absolute Gasteiger partial charge is 0.246 e. The van der Waals surface area contributed by atoms with Crippen molar-refractivity contribution < 1.29 is 8.42 Å². The minimum Gasteiger partial charge on any atom is -0.366 e. The fraction of sp³-hybridized carbons (Fsp3) is 0.300. The number of sulfonamides is 1. The highest BCUT2D eigenvalue weighted by atomic mass is 32.2. The van der Waals surface area contributed by atoms with Gasteiger partial charge in [0.25, 0.3) is 0 Å². The standard InChI is InChI=1S/C10H12N2O3S/c13-9-5-6-11-7-10(9)16(14,15)12-8-3-1-2-4-8/h1-2,5-8,12H,3-4H2,(H,11,13). The van der Waals surface area contributed by atoms with Gasteiger partial charge in [0.05, 0.1) is 0 Å².